The topological polar surface area (TPSA) is 409 Å². The third-order valence-corrected chi connectivity index (χ3v) is 6.62. The third-order valence-electron chi connectivity index (χ3n) is 5.08. The number of nitrogens with two attached hydrogens (primary N) is 1. The second kappa shape index (κ2) is 33.7. The number of cyclic esters (lactones) is 2. The Hall–Kier alpha value is -4.78. The van der Waals surface area contributed by atoms with Crippen LogP contribution in [-0.2, 0) is 42.9 Å². The normalized spacial score (nSPS) is 16.3. The van der Waals surface area contributed by atoms with Gasteiger partial charge in [-0.25, -0.2) is 14.4 Å². The number of carboxylic acids is 1. The fourth-order valence-corrected chi connectivity index (χ4v) is 3.66. The zero-order valence-corrected chi connectivity index (χ0v) is 30.3. The minimum absolute atomic E-state index is 0.00273. The number of methoxy groups -OCH3 is 3. The Balaban J connectivity index is -0.000000589. The molecule has 0 aromatic carbocycles. The largest absolute Gasteiger partial charge is 0.481 e. The number of hydrogen-bond acceptors (Lipinski definition) is 18. The van der Waals surface area contributed by atoms with Crippen molar-refractivity contribution < 1.29 is 67.8 Å². The average molecular weight is 790 g/mol. The van der Waals surface area contributed by atoms with Gasteiger partial charge in [0.25, 0.3) is 0 Å². The van der Waals surface area contributed by atoms with Crippen molar-refractivity contribution in [3.05, 3.63) is 43.5 Å². The summed E-state index contributed by atoms with van der Waals surface area (Å²) in [5.41, 5.74) is 28.3. The number of azide groups is 3. The van der Waals surface area contributed by atoms with E-state index in [0.717, 1.165) is 0 Å². The summed E-state index contributed by atoms with van der Waals surface area (Å²) in [6, 6.07) is 0. The predicted octanol–water partition coefficient (Wildman–Crippen LogP) is 1.12. The molecule has 0 spiro atoms. The summed E-state index contributed by atoms with van der Waals surface area (Å²) in [5, 5.41) is 30.3. The first-order chi connectivity index (χ1) is 24.3. The fourth-order valence-electron chi connectivity index (χ4n) is 2.56. The number of aliphatic hydroxyl groups excluding tert-OH is 2. The van der Waals surface area contributed by atoms with Crippen molar-refractivity contribution in [1.82, 2.24) is 15.1 Å². The molecular formula is C21H38N13O14P3. The van der Waals surface area contributed by atoms with Crippen LogP contribution < -0.4 is 15.9 Å². The van der Waals surface area contributed by atoms with Gasteiger partial charge >= 0.3 is 36.1 Å². The number of nitrogens with one attached hydrogen (secondary N) is 2. The zero-order chi connectivity index (χ0) is 39.6. The number of esters is 3. The highest BCUT2D eigenvalue weighted by molar-refractivity contribution is 7.34. The highest BCUT2D eigenvalue weighted by atomic mass is 31.1. The summed E-state index contributed by atoms with van der Waals surface area (Å²) in [5.74, 6) is -4.16. The first kappa shape index (κ1) is 50.6. The van der Waals surface area contributed by atoms with Gasteiger partial charge in [0.05, 0.1) is 54.9 Å². The fraction of sp³-hybridized carbons (Fsp3) is 0.619. The monoisotopic (exact) mass is 789 g/mol. The van der Waals surface area contributed by atoms with Crippen LogP contribution in [-0.4, -0.2) is 123 Å². The minimum atomic E-state index is -0.944. The molecule has 2 rings (SSSR count). The van der Waals surface area contributed by atoms with E-state index in [-0.39, 0.29) is 69.4 Å². The predicted molar refractivity (Wildman–Crippen MR) is 179 cm³/mol. The number of ether oxygens (including phenoxy) is 5. The molecule has 0 radical (unpaired) electrons. The minimum Gasteiger partial charge on any atom is -0.481 e. The van der Waals surface area contributed by atoms with Crippen molar-refractivity contribution in [2.45, 2.75) is 0 Å². The molecule has 0 aliphatic carbocycles. The number of amides is 2. The molecule has 2 amide bonds. The second-order valence-corrected chi connectivity index (χ2v) is 10.5. The molecule has 6 atom stereocenters. The molecule has 27 nitrogen and oxygen atoms in total. The van der Waals surface area contributed by atoms with Crippen molar-refractivity contribution in [3.63, 3.8) is 0 Å². The summed E-state index contributed by atoms with van der Waals surface area (Å²) >= 11 is 0. The molecule has 286 valence electrons. The van der Waals surface area contributed by atoms with Gasteiger partial charge in [0.15, 0.2) is 0 Å². The molecule has 2 heterocycles. The number of hydrogen-bond donors (Lipinski definition) is 6. The number of aliphatic hydroxyl groups is 2. The number of rotatable bonds is 13. The number of nitrogens with zero attached hydrogens (tertiary/aromatic N) is 10. The van der Waals surface area contributed by atoms with Crippen LogP contribution in [0.4, 0.5) is 9.59 Å². The molecule has 2 fully saturated rings. The van der Waals surface area contributed by atoms with E-state index >= 15 is 0 Å². The number of carbonyl (C=O) groups excluding carboxylic acids is 5. The standard InChI is InChI=1S/C6H9N4O4P.C5H11N4O3P.C5H7NO4.C5H8O3.H3N4P/c1-13-5(11)4-2-10(15-9-8-7)6(12)14-3-4;1-12-5(11)4(3-10)2-7-13-9-8-6;7-4(8)3-1-6-5(9)10-2-3;1-4(3-6)5(7)8-2;1-3-4-5-2/h4,15H,2-3H2,1H3;4,7,10,13H,2-3H2,1H3;3H,1-2H2,(H,6,9)(H,7,8);6H,1,3H2,2H3;5H,2H2. The van der Waals surface area contributed by atoms with Crippen LogP contribution in [0.1, 0.15) is 0 Å². The lowest BCUT2D eigenvalue weighted by molar-refractivity contribution is -0.148. The Morgan fingerprint density at radius 1 is 1.04 bits per heavy atom. The number of carboxylic acid groups (broad SMARTS) is 1. The van der Waals surface area contributed by atoms with E-state index in [4.69, 9.17) is 42.2 Å². The van der Waals surface area contributed by atoms with Gasteiger partial charge in [-0.15, -0.1) is 0 Å². The Labute approximate surface area is 294 Å². The molecule has 0 bridgehead atoms. The van der Waals surface area contributed by atoms with Crippen molar-refractivity contribution in [2.24, 2.45) is 37.9 Å². The quantitative estimate of drug-likeness (QED) is 0.0222. The van der Waals surface area contributed by atoms with Crippen LogP contribution in [0.2, 0.25) is 0 Å². The van der Waals surface area contributed by atoms with Gasteiger partial charge in [-0.1, -0.05) is 21.2 Å². The van der Waals surface area contributed by atoms with Gasteiger partial charge < -0.3 is 49.8 Å². The van der Waals surface area contributed by atoms with Crippen LogP contribution >= 0.6 is 26.6 Å². The third kappa shape index (κ3) is 26.7. The van der Waals surface area contributed by atoms with Gasteiger partial charge in [0.1, 0.15) is 25.0 Å². The highest BCUT2D eigenvalue weighted by Crippen LogP contribution is 2.26. The van der Waals surface area contributed by atoms with Crippen LogP contribution in [0.5, 0.6) is 0 Å². The van der Waals surface area contributed by atoms with Gasteiger partial charge in [-0.3, -0.25) is 24.1 Å². The maximum Gasteiger partial charge on any atom is 0.413 e. The molecule has 30 heteroatoms. The van der Waals surface area contributed by atoms with E-state index in [2.05, 4.69) is 65.3 Å². The van der Waals surface area contributed by atoms with E-state index in [1.807, 2.05) is 0 Å². The molecule has 0 saturated carbocycles. The number of alkyl carbamates (subject to hydrolysis) is 1. The van der Waals surface area contributed by atoms with Crippen LogP contribution in [0.25, 0.3) is 31.3 Å². The highest BCUT2D eigenvalue weighted by Gasteiger charge is 2.32. The van der Waals surface area contributed by atoms with Gasteiger partial charge in [-0.05, 0) is 16.6 Å². The molecule has 2 aliphatic heterocycles. The Morgan fingerprint density at radius 2 is 1.65 bits per heavy atom. The Bertz CT molecular complexity index is 1260. The molecule has 0 aromatic heterocycles. The maximum absolute atomic E-state index is 11.2. The lowest BCUT2D eigenvalue weighted by Gasteiger charge is -2.28. The van der Waals surface area contributed by atoms with Gasteiger partial charge in [0, 0.05) is 52.1 Å². The van der Waals surface area contributed by atoms with Crippen molar-refractivity contribution in [2.75, 3.05) is 67.4 Å². The average Bonchev–Trinajstić information content (AvgIpc) is 3.14. The van der Waals surface area contributed by atoms with Crippen molar-refractivity contribution in [1.29, 1.82) is 0 Å². The number of carbonyl (C=O) groups is 6. The van der Waals surface area contributed by atoms with Crippen LogP contribution in [0.15, 0.2) is 26.8 Å². The lowest BCUT2D eigenvalue weighted by atomic mass is 10.1. The van der Waals surface area contributed by atoms with Gasteiger partial charge in [-0.2, -0.15) is 0 Å². The van der Waals surface area contributed by atoms with E-state index in [1.54, 1.807) is 0 Å². The molecule has 2 saturated heterocycles. The second-order valence-electron chi connectivity index (χ2n) is 8.37. The first-order valence-electron chi connectivity index (χ1n) is 13.3. The first-order valence-corrected chi connectivity index (χ1v) is 16.2. The smallest absolute Gasteiger partial charge is 0.413 e. The van der Waals surface area contributed by atoms with E-state index < -0.39 is 62.7 Å². The summed E-state index contributed by atoms with van der Waals surface area (Å²) in [4.78, 5) is 80.8. The zero-order valence-electron chi connectivity index (χ0n) is 27.3. The molecular weight excluding hydrogens is 751 g/mol. The van der Waals surface area contributed by atoms with Crippen molar-refractivity contribution >= 4 is 62.7 Å². The Morgan fingerprint density at radius 3 is 2.04 bits per heavy atom. The summed E-state index contributed by atoms with van der Waals surface area (Å²) in [6.07, 6.45) is -1.13. The number of aliphatic carboxylic acids is 1. The molecule has 0 aromatic rings. The SMILES string of the molecule is C=C(CO)C(=O)OC.COC(=O)C(CO)CNPN=[N+]=[N-].COC(=O)C1COC(=O)N(PN=[N+]=[N-])C1.O=C1NCC(C(=O)O)CO1.[N-]=[N+]=NPN. The van der Waals surface area contributed by atoms with E-state index in [1.165, 1.54) is 26.0 Å². The lowest BCUT2D eigenvalue weighted by Crippen LogP contribution is -2.42. The molecule has 7 N–H and O–H groups in total. The van der Waals surface area contributed by atoms with E-state index in [9.17, 15) is 28.8 Å². The Kier molecular flexibility index (Phi) is 33.4. The van der Waals surface area contributed by atoms with Gasteiger partial charge in [0.2, 0.25) is 0 Å². The van der Waals surface area contributed by atoms with Crippen molar-refractivity contribution in [3.8, 4) is 0 Å². The molecule has 51 heavy (non-hydrogen) atoms. The van der Waals surface area contributed by atoms with Crippen LogP contribution in [0.3, 0.4) is 0 Å². The maximum atomic E-state index is 11.2. The van der Waals surface area contributed by atoms with Crippen LogP contribution in [0, 0.1) is 17.8 Å². The summed E-state index contributed by atoms with van der Waals surface area (Å²) in [7, 11) is 3.08. The molecule has 2 aliphatic rings. The van der Waals surface area contributed by atoms with E-state index in [0.29, 0.717) is 0 Å². The molecule has 6 unspecified atom stereocenters. The summed E-state index contributed by atoms with van der Waals surface area (Å²) < 4.78 is 23.5. The summed E-state index contributed by atoms with van der Waals surface area (Å²) in [6.45, 7) is 3.12.